The third kappa shape index (κ3) is 6.06. The minimum atomic E-state index is -2.90. The normalized spacial score (nSPS) is 24.1. The Balaban J connectivity index is 0.00000261. The molecule has 0 spiro atoms. The zero-order valence-electron chi connectivity index (χ0n) is 15.7. The van der Waals surface area contributed by atoms with Gasteiger partial charge in [0, 0.05) is 29.5 Å². The molecule has 1 aliphatic heterocycles. The molecule has 1 unspecified atom stereocenters. The summed E-state index contributed by atoms with van der Waals surface area (Å²) in [6.07, 6.45) is 6.74. The smallest absolute Gasteiger partial charge is 0.191 e. The first-order chi connectivity index (χ1) is 12.4. The number of nitrogens with zero attached hydrogens (tertiary/aromatic N) is 1. The number of halogens is 2. The van der Waals surface area contributed by atoms with Crippen LogP contribution < -0.4 is 10.6 Å². The fourth-order valence-corrected chi connectivity index (χ4v) is 6.24. The lowest BCUT2D eigenvalue weighted by atomic mass is 9.69. The van der Waals surface area contributed by atoms with E-state index in [9.17, 15) is 8.42 Å². The van der Waals surface area contributed by atoms with E-state index in [1.54, 1.807) is 7.05 Å². The van der Waals surface area contributed by atoms with Crippen molar-refractivity contribution in [1.82, 2.24) is 10.6 Å². The predicted molar refractivity (Wildman–Crippen MR) is 126 cm³/mol. The maximum absolute atomic E-state index is 11.7. The highest BCUT2D eigenvalue weighted by atomic mass is 127. The molecule has 2 fully saturated rings. The Hall–Kier alpha value is -0.350. The first-order valence-corrected chi connectivity index (χ1v) is 12.0. The van der Waals surface area contributed by atoms with Crippen molar-refractivity contribution < 1.29 is 8.42 Å². The van der Waals surface area contributed by atoms with Crippen molar-refractivity contribution in [3.63, 3.8) is 0 Å². The van der Waals surface area contributed by atoms with Crippen LogP contribution in [-0.2, 0) is 15.3 Å². The maximum Gasteiger partial charge on any atom is 0.191 e. The van der Waals surface area contributed by atoms with Gasteiger partial charge in [-0.2, -0.15) is 0 Å². The summed E-state index contributed by atoms with van der Waals surface area (Å²) in [5, 5.41) is 6.77. The molecule has 1 atom stereocenters. The van der Waals surface area contributed by atoms with Gasteiger partial charge in [-0.25, -0.2) is 8.42 Å². The summed E-state index contributed by atoms with van der Waals surface area (Å²) >= 11 is 3.60. The van der Waals surface area contributed by atoms with Gasteiger partial charge >= 0.3 is 0 Å². The Morgan fingerprint density at radius 3 is 2.63 bits per heavy atom. The molecule has 0 bridgehead atoms. The lowest BCUT2D eigenvalue weighted by Crippen LogP contribution is -2.49. The summed E-state index contributed by atoms with van der Waals surface area (Å²) in [6.45, 7) is 0.808. The standard InChI is InChI=1S/C19H28BrN3O2S.HI/c1-21-18(23-17-8-11-26(24,25)13-17)22-14-19(9-3-2-4-10-19)15-6-5-7-16(20)12-15;/h5-7,12,17H,2-4,8-11,13-14H2,1H3,(H2,21,22,23);1H. The number of aliphatic imine (C=N–C) groups is 1. The second kappa shape index (κ2) is 9.91. The van der Waals surface area contributed by atoms with Gasteiger partial charge in [0.1, 0.15) is 0 Å². The van der Waals surface area contributed by atoms with Crippen molar-refractivity contribution in [2.75, 3.05) is 25.1 Å². The SMILES string of the molecule is CN=C(NCC1(c2cccc(Br)c2)CCCCC1)NC1CCS(=O)(=O)C1.I. The van der Waals surface area contributed by atoms with Gasteiger partial charge in [0.15, 0.2) is 15.8 Å². The summed E-state index contributed by atoms with van der Waals surface area (Å²) in [6, 6.07) is 8.57. The van der Waals surface area contributed by atoms with Crippen LogP contribution in [0.5, 0.6) is 0 Å². The van der Waals surface area contributed by atoms with E-state index < -0.39 is 9.84 Å². The molecule has 1 saturated heterocycles. The zero-order valence-corrected chi connectivity index (χ0v) is 20.4. The molecular weight excluding hydrogens is 541 g/mol. The molecule has 1 aromatic rings. The minimum Gasteiger partial charge on any atom is -0.356 e. The molecule has 152 valence electrons. The van der Waals surface area contributed by atoms with Crippen LogP contribution in [0.4, 0.5) is 0 Å². The highest BCUT2D eigenvalue weighted by Crippen LogP contribution is 2.39. The van der Waals surface area contributed by atoms with Crippen LogP contribution in [0.3, 0.4) is 0 Å². The fourth-order valence-electron chi connectivity index (χ4n) is 4.16. The van der Waals surface area contributed by atoms with Crippen molar-refractivity contribution in [1.29, 1.82) is 0 Å². The summed E-state index contributed by atoms with van der Waals surface area (Å²) in [5.41, 5.74) is 1.46. The highest BCUT2D eigenvalue weighted by molar-refractivity contribution is 14.0. The van der Waals surface area contributed by atoms with Crippen LogP contribution in [0.2, 0.25) is 0 Å². The summed E-state index contributed by atoms with van der Waals surface area (Å²) < 4.78 is 24.5. The topological polar surface area (TPSA) is 70.6 Å². The number of sulfone groups is 1. The molecular formula is C19H29BrIN3O2S. The Morgan fingerprint density at radius 2 is 2.04 bits per heavy atom. The third-order valence-corrected chi connectivity index (χ3v) is 7.90. The van der Waals surface area contributed by atoms with E-state index in [2.05, 4.69) is 55.8 Å². The molecule has 3 rings (SSSR count). The van der Waals surface area contributed by atoms with Crippen molar-refractivity contribution >= 4 is 55.7 Å². The first-order valence-electron chi connectivity index (χ1n) is 9.36. The average Bonchev–Trinajstić information content (AvgIpc) is 2.98. The van der Waals surface area contributed by atoms with Crippen molar-refractivity contribution in [2.45, 2.75) is 50.0 Å². The summed E-state index contributed by atoms with van der Waals surface area (Å²) in [5.74, 6) is 1.17. The fraction of sp³-hybridized carbons (Fsp3) is 0.632. The van der Waals surface area contributed by atoms with E-state index in [1.165, 1.54) is 24.8 Å². The number of hydrogen-bond acceptors (Lipinski definition) is 3. The molecule has 1 heterocycles. The van der Waals surface area contributed by atoms with Gasteiger partial charge < -0.3 is 10.6 Å². The maximum atomic E-state index is 11.7. The van der Waals surface area contributed by atoms with Gasteiger partial charge in [0.2, 0.25) is 0 Å². The number of nitrogens with one attached hydrogen (secondary N) is 2. The summed E-state index contributed by atoms with van der Waals surface area (Å²) in [7, 11) is -1.15. The summed E-state index contributed by atoms with van der Waals surface area (Å²) in [4.78, 5) is 4.32. The second-order valence-corrected chi connectivity index (χ2v) is 10.7. The van der Waals surface area contributed by atoms with Crippen molar-refractivity contribution in [2.24, 2.45) is 4.99 Å². The first kappa shape index (κ1) is 22.9. The number of hydrogen-bond donors (Lipinski definition) is 2. The van der Waals surface area contributed by atoms with E-state index in [4.69, 9.17) is 0 Å². The molecule has 0 aromatic heterocycles. The van der Waals surface area contributed by atoms with Crippen LogP contribution in [0.25, 0.3) is 0 Å². The molecule has 1 aliphatic carbocycles. The number of rotatable bonds is 4. The van der Waals surface area contributed by atoms with Crippen LogP contribution >= 0.6 is 39.9 Å². The monoisotopic (exact) mass is 569 g/mol. The van der Waals surface area contributed by atoms with E-state index in [-0.39, 0.29) is 46.9 Å². The quantitative estimate of drug-likeness (QED) is 0.330. The van der Waals surface area contributed by atoms with E-state index >= 15 is 0 Å². The molecule has 1 aromatic carbocycles. The Labute approximate surface area is 188 Å². The van der Waals surface area contributed by atoms with Crippen LogP contribution in [0.1, 0.15) is 44.1 Å². The van der Waals surface area contributed by atoms with E-state index in [0.29, 0.717) is 12.4 Å². The second-order valence-electron chi connectivity index (χ2n) is 7.52. The Bertz CT molecular complexity index is 764. The van der Waals surface area contributed by atoms with Gasteiger partial charge in [-0.15, -0.1) is 24.0 Å². The minimum absolute atomic E-state index is 0. The van der Waals surface area contributed by atoms with Crippen LogP contribution in [-0.4, -0.2) is 45.5 Å². The number of benzene rings is 1. The van der Waals surface area contributed by atoms with Crippen LogP contribution in [0.15, 0.2) is 33.7 Å². The molecule has 0 amide bonds. The van der Waals surface area contributed by atoms with Gasteiger partial charge in [0.05, 0.1) is 11.5 Å². The van der Waals surface area contributed by atoms with Gasteiger partial charge in [-0.3, -0.25) is 4.99 Å². The third-order valence-electron chi connectivity index (χ3n) is 5.64. The van der Waals surface area contributed by atoms with Gasteiger partial charge in [-0.1, -0.05) is 47.3 Å². The average molecular weight is 570 g/mol. The molecule has 27 heavy (non-hydrogen) atoms. The van der Waals surface area contributed by atoms with Crippen LogP contribution in [0, 0.1) is 0 Å². The molecule has 0 radical (unpaired) electrons. The molecule has 2 N–H and O–H groups in total. The largest absolute Gasteiger partial charge is 0.356 e. The Kier molecular flexibility index (Phi) is 8.42. The van der Waals surface area contributed by atoms with E-state index in [0.717, 1.165) is 23.9 Å². The molecule has 5 nitrogen and oxygen atoms in total. The van der Waals surface area contributed by atoms with Gasteiger partial charge in [0.25, 0.3) is 0 Å². The van der Waals surface area contributed by atoms with Crippen molar-refractivity contribution in [3.05, 3.63) is 34.3 Å². The lowest BCUT2D eigenvalue weighted by Gasteiger charge is -2.38. The Morgan fingerprint density at radius 1 is 1.30 bits per heavy atom. The predicted octanol–water partition coefficient (Wildman–Crippen LogP) is 3.62. The van der Waals surface area contributed by atoms with E-state index in [1.807, 2.05) is 0 Å². The number of guanidine groups is 1. The molecule has 8 heteroatoms. The zero-order chi connectivity index (χ0) is 18.6. The van der Waals surface area contributed by atoms with Crippen molar-refractivity contribution in [3.8, 4) is 0 Å². The lowest BCUT2D eigenvalue weighted by molar-refractivity contribution is 0.291. The highest BCUT2D eigenvalue weighted by Gasteiger charge is 2.34. The molecule has 1 saturated carbocycles. The van der Waals surface area contributed by atoms with Gasteiger partial charge in [-0.05, 0) is 37.0 Å². The molecule has 2 aliphatic rings.